The molecule has 0 bridgehead atoms. The zero-order chi connectivity index (χ0) is 14.6. The molecule has 0 unspecified atom stereocenters. The summed E-state index contributed by atoms with van der Waals surface area (Å²) in [6, 6.07) is 4.97. The third-order valence-corrected chi connectivity index (χ3v) is 2.47. The second-order valence-corrected chi connectivity index (χ2v) is 3.97. The summed E-state index contributed by atoms with van der Waals surface area (Å²) in [6.07, 6.45) is -1.33. The molecule has 0 atom stereocenters. The summed E-state index contributed by atoms with van der Waals surface area (Å²) in [5.41, 5.74) is 4.51. The van der Waals surface area contributed by atoms with Gasteiger partial charge in [-0.05, 0) is 18.7 Å². The molecule has 0 aliphatic rings. The molecular formula is C13H12F3N3O. The van der Waals surface area contributed by atoms with Crippen molar-refractivity contribution in [3.8, 4) is 11.5 Å². The number of ether oxygens (including phenoxy) is 1. The topological polar surface area (TPSA) is 61.0 Å². The molecule has 1 aromatic heterocycles. The number of halogens is 3. The highest BCUT2D eigenvalue weighted by Crippen LogP contribution is 2.37. The molecule has 1 heterocycles. The minimum absolute atomic E-state index is 0.141. The van der Waals surface area contributed by atoms with Gasteiger partial charge in [-0.3, -0.25) is 0 Å². The number of nitrogens with zero attached hydrogens (tertiary/aromatic N) is 2. The Morgan fingerprint density at radius 1 is 1.10 bits per heavy atom. The predicted molar refractivity (Wildman–Crippen MR) is 66.3 cm³/mol. The lowest BCUT2D eigenvalue weighted by molar-refractivity contribution is -0.138. The number of rotatable bonds is 4. The summed E-state index contributed by atoms with van der Waals surface area (Å²) >= 11 is 0. The number of hydrogen-bond donors (Lipinski definition) is 1. The van der Waals surface area contributed by atoms with E-state index >= 15 is 0 Å². The third-order valence-electron chi connectivity index (χ3n) is 2.47. The van der Waals surface area contributed by atoms with Crippen LogP contribution in [0.2, 0.25) is 0 Å². The van der Waals surface area contributed by atoms with E-state index in [1.54, 1.807) is 0 Å². The van der Waals surface area contributed by atoms with Gasteiger partial charge in [0.15, 0.2) is 5.75 Å². The lowest BCUT2D eigenvalue weighted by atomic mass is 10.2. The first-order valence-corrected chi connectivity index (χ1v) is 5.86. The standard InChI is InChI=1S/C13H12F3N3O/c14-13(15,16)10-3-1-2-4-11(10)20-9-7-18-12(5-6-17)19-8-9/h1-4,7-8H,5-6,17H2. The van der Waals surface area contributed by atoms with Gasteiger partial charge in [0.05, 0.1) is 18.0 Å². The SMILES string of the molecule is NCCc1ncc(Oc2ccccc2C(F)(F)F)cn1. The fourth-order valence-electron chi connectivity index (χ4n) is 1.57. The lowest BCUT2D eigenvalue weighted by Crippen LogP contribution is -2.08. The van der Waals surface area contributed by atoms with Gasteiger partial charge in [-0.2, -0.15) is 13.2 Å². The fourth-order valence-corrected chi connectivity index (χ4v) is 1.57. The Bertz CT molecular complexity index is 570. The van der Waals surface area contributed by atoms with E-state index in [0.717, 1.165) is 6.07 Å². The Balaban J connectivity index is 2.22. The molecule has 2 aromatic rings. The van der Waals surface area contributed by atoms with Gasteiger partial charge in [-0.15, -0.1) is 0 Å². The smallest absolute Gasteiger partial charge is 0.419 e. The van der Waals surface area contributed by atoms with Crippen LogP contribution in [-0.2, 0) is 12.6 Å². The van der Waals surface area contributed by atoms with E-state index in [1.807, 2.05) is 0 Å². The molecule has 7 heteroatoms. The first kappa shape index (κ1) is 14.3. The van der Waals surface area contributed by atoms with Gasteiger partial charge in [-0.1, -0.05) is 12.1 Å². The number of aromatic nitrogens is 2. The molecule has 106 valence electrons. The fraction of sp³-hybridized carbons (Fsp3) is 0.231. The second kappa shape index (κ2) is 5.87. The molecule has 4 nitrogen and oxygen atoms in total. The summed E-state index contributed by atoms with van der Waals surface area (Å²) in [5.74, 6) is 0.376. The highest BCUT2D eigenvalue weighted by molar-refractivity contribution is 5.38. The summed E-state index contributed by atoms with van der Waals surface area (Å²) in [5, 5.41) is 0. The van der Waals surface area contributed by atoms with Crippen molar-refractivity contribution in [3.05, 3.63) is 48.0 Å². The zero-order valence-corrected chi connectivity index (χ0v) is 10.4. The summed E-state index contributed by atoms with van der Waals surface area (Å²) in [4.78, 5) is 7.92. The molecular weight excluding hydrogens is 271 g/mol. The van der Waals surface area contributed by atoms with Crippen molar-refractivity contribution in [3.63, 3.8) is 0 Å². The van der Waals surface area contributed by atoms with E-state index < -0.39 is 11.7 Å². The Kier molecular flexibility index (Phi) is 4.19. The highest BCUT2D eigenvalue weighted by Gasteiger charge is 2.34. The molecule has 0 fully saturated rings. The number of nitrogens with two attached hydrogens (primary N) is 1. The molecule has 0 spiro atoms. The van der Waals surface area contributed by atoms with Crippen molar-refractivity contribution in [2.75, 3.05) is 6.54 Å². The van der Waals surface area contributed by atoms with Crippen molar-refractivity contribution in [1.29, 1.82) is 0 Å². The van der Waals surface area contributed by atoms with Crippen LogP contribution in [-0.4, -0.2) is 16.5 Å². The molecule has 1 aromatic carbocycles. The van der Waals surface area contributed by atoms with Gasteiger partial charge in [0.2, 0.25) is 0 Å². The largest absolute Gasteiger partial charge is 0.453 e. The van der Waals surface area contributed by atoms with Crippen LogP contribution in [0.3, 0.4) is 0 Å². The molecule has 0 saturated carbocycles. The third kappa shape index (κ3) is 3.45. The van der Waals surface area contributed by atoms with E-state index in [1.165, 1.54) is 30.6 Å². The maximum atomic E-state index is 12.8. The van der Waals surface area contributed by atoms with E-state index in [2.05, 4.69) is 9.97 Å². The number of para-hydroxylation sites is 1. The minimum Gasteiger partial charge on any atom is -0.453 e. The van der Waals surface area contributed by atoms with Crippen LogP contribution in [0.15, 0.2) is 36.7 Å². The van der Waals surface area contributed by atoms with Crippen LogP contribution >= 0.6 is 0 Å². The van der Waals surface area contributed by atoms with Gasteiger partial charge in [0, 0.05) is 6.42 Å². The van der Waals surface area contributed by atoms with Crippen molar-refractivity contribution in [2.45, 2.75) is 12.6 Å². The van der Waals surface area contributed by atoms with Crippen LogP contribution < -0.4 is 10.5 Å². The monoisotopic (exact) mass is 283 g/mol. The number of benzene rings is 1. The van der Waals surface area contributed by atoms with Gasteiger partial charge < -0.3 is 10.5 Å². The van der Waals surface area contributed by atoms with E-state index in [4.69, 9.17) is 10.5 Å². The van der Waals surface area contributed by atoms with Gasteiger partial charge in [0.25, 0.3) is 0 Å². The van der Waals surface area contributed by atoms with Crippen molar-refractivity contribution in [1.82, 2.24) is 9.97 Å². The Morgan fingerprint density at radius 3 is 2.35 bits per heavy atom. The van der Waals surface area contributed by atoms with Gasteiger partial charge >= 0.3 is 6.18 Å². The van der Waals surface area contributed by atoms with Crippen molar-refractivity contribution in [2.24, 2.45) is 5.73 Å². The normalized spacial score (nSPS) is 11.4. The lowest BCUT2D eigenvalue weighted by Gasteiger charge is -2.13. The maximum Gasteiger partial charge on any atom is 0.419 e. The molecule has 0 radical (unpaired) electrons. The quantitative estimate of drug-likeness (QED) is 0.937. The first-order chi connectivity index (χ1) is 9.50. The van der Waals surface area contributed by atoms with Gasteiger partial charge in [-0.25, -0.2) is 9.97 Å². The van der Waals surface area contributed by atoms with Crippen LogP contribution in [0.25, 0.3) is 0 Å². The summed E-state index contributed by atoms with van der Waals surface area (Å²) in [6.45, 7) is 0.400. The molecule has 0 saturated heterocycles. The molecule has 0 amide bonds. The average molecular weight is 283 g/mol. The Hall–Kier alpha value is -2.15. The first-order valence-electron chi connectivity index (χ1n) is 5.86. The van der Waals surface area contributed by atoms with E-state index in [9.17, 15) is 13.2 Å². The van der Waals surface area contributed by atoms with E-state index in [-0.39, 0.29) is 11.5 Å². The summed E-state index contributed by atoms with van der Waals surface area (Å²) in [7, 11) is 0. The summed E-state index contributed by atoms with van der Waals surface area (Å²) < 4.78 is 43.6. The Morgan fingerprint density at radius 2 is 1.75 bits per heavy atom. The van der Waals surface area contributed by atoms with Crippen LogP contribution in [0.4, 0.5) is 13.2 Å². The van der Waals surface area contributed by atoms with Crippen molar-refractivity contribution >= 4 is 0 Å². The molecule has 2 N–H and O–H groups in total. The maximum absolute atomic E-state index is 12.8. The second-order valence-electron chi connectivity index (χ2n) is 3.97. The molecule has 0 aliphatic heterocycles. The van der Waals surface area contributed by atoms with Crippen LogP contribution in [0.5, 0.6) is 11.5 Å². The molecule has 0 aliphatic carbocycles. The van der Waals surface area contributed by atoms with Crippen LogP contribution in [0, 0.1) is 0 Å². The minimum atomic E-state index is -4.48. The van der Waals surface area contributed by atoms with Gasteiger partial charge in [0.1, 0.15) is 11.6 Å². The number of alkyl halides is 3. The van der Waals surface area contributed by atoms with Crippen molar-refractivity contribution < 1.29 is 17.9 Å². The molecule has 20 heavy (non-hydrogen) atoms. The average Bonchev–Trinajstić information content (AvgIpc) is 2.41. The highest BCUT2D eigenvalue weighted by atomic mass is 19.4. The Labute approximate surface area is 113 Å². The zero-order valence-electron chi connectivity index (χ0n) is 10.4. The number of hydrogen-bond acceptors (Lipinski definition) is 4. The molecule has 2 rings (SSSR count). The predicted octanol–water partition coefficient (Wildman–Crippen LogP) is 2.79. The van der Waals surface area contributed by atoms with E-state index in [0.29, 0.717) is 18.8 Å². The van der Waals surface area contributed by atoms with Crippen LogP contribution in [0.1, 0.15) is 11.4 Å².